The van der Waals surface area contributed by atoms with Crippen LogP contribution in [-0.4, -0.2) is 16.0 Å². The maximum absolute atomic E-state index is 10.9. The van der Waals surface area contributed by atoms with Crippen LogP contribution < -0.4 is 10.6 Å². The Bertz CT molecular complexity index is 823. The molecule has 6 heteroatoms. The number of thiocarbonyl (C=S) groups is 1. The van der Waals surface area contributed by atoms with Crippen molar-refractivity contribution >= 4 is 40.0 Å². The fraction of sp³-hybridized carbons (Fsp3) is 0.118. The van der Waals surface area contributed by atoms with Gasteiger partial charge >= 0.3 is 0 Å². The van der Waals surface area contributed by atoms with Gasteiger partial charge in [0.25, 0.3) is 0 Å². The first-order valence-electron chi connectivity index (χ1n) is 7.12. The van der Waals surface area contributed by atoms with E-state index in [2.05, 4.69) is 15.6 Å². The summed E-state index contributed by atoms with van der Waals surface area (Å²) in [5.74, 6) is 0.482. The molecule has 0 saturated carbocycles. The SMILES string of the molecule is CC(=O)NC(=S)Nc1ccc(Cc2nc3ccccc3o2)cc1. The Labute approximate surface area is 138 Å². The van der Waals surface area contributed by atoms with Gasteiger partial charge in [0, 0.05) is 19.0 Å². The van der Waals surface area contributed by atoms with Gasteiger partial charge in [-0.2, -0.15) is 0 Å². The number of para-hydroxylation sites is 2. The molecule has 3 aromatic rings. The number of nitrogens with zero attached hydrogens (tertiary/aromatic N) is 1. The molecule has 0 aliphatic rings. The van der Waals surface area contributed by atoms with Gasteiger partial charge in [-0.1, -0.05) is 24.3 Å². The van der Waals surface area contributed by atoms with Crippen LogP contribution in [-0.2, 0) is 11.2 Å². The fourth-order valence-electron chi connectivity index (χ4n) is 2.20. The first kappa shape index (κ1) is 15.2. The van der Waals surface area contributed by atoms with Gasteiger partial charge in [0.15, 0.2) is 16.6 Å². The molecule has 1 heterocycles. The molecule has 0 aliphatic heterocycles. The molecule has 0 saturated heterocycles. The van der Waals surface area contributed by atoms with Crippen molar-refractivity contribution in [2.24, 2.45) is 0 Å². The second kappa shape index (κ2) is 6.58. The molecule has 0 aliphatic carbocycles. The zero-order valence-corrected chi connectivity index (χ0v) is 13.3. The van der Waals surface area contributed by atoms with Gasteiger partial charge in [0.2, 0.25) is 5.91 Å². The second-order valence-corrected chi connectivity index (χ2v) is 5.49. The lowest BCUT2D eigenvalue weighted by molar-refractivity contribution is -0.117. The van der Waals surface area contributed by atoms with E-state index in [-0.39, 0.29) is 11.0 Å². The van der Waals surface area contributed by atoms with Gasteiger partial charge in [0.05, 0.1) is 0 Å². The van der Waals surface area contributed by atoms with Crippen molar-refractivity contribution in [3.8, 4) is 0 Å². The summed E-state index contributed by atoms with van der Waals surface area (Å²) >= 11 is 5.02. The summed E-state index contributed by atoms with van der Waals surface area (Å²) in [6.45, 7) is 1.41. The normalized spacial score (nSPS) is 10.5. The average Bonchev–Trinajstić information content (AvgIpc) is 2.90. The topological polar surface area (TPSA) is 67.2 Å². The van der Waals surface area contributed by atoms with Crippen LogP contribution in [0.4, 0.5) is 5.69 Å². The molecule has 5 nitrogen and oxygen atoms in total. The van der Waals surface area contributed by atoms with Crippen molar-refractivity contribution in [2.45, 2.75) is 13.3 Å². The highest BCUT2D eigenvalue weighted by molar-refractivity contribution is 7.80. The Morgan fingerprint density at radius 3 is 2.61 bits per heavy atom. The van der Waals surface area contributed by atoms with Crippen molar-refractivity contribution in [3.63, 3.8) is 0 Å². The molecular formula is C17H15N3O2S. The Balaban J connectivity index is 1.67. The van der Waals surface area contributed by atoms with Crippen molar-refractivity contribution in [1.29, 1.82) is 0 Å². The largest absolute Gasteiger partial charge is 0.440 e. The third-order valence-electron chi connectivity index (χ3n) is 3.19. The number of carbonyl (C=O) groups excluding carboxylic acids is 1. The van der Waals surface area contributed by atoms with E-state index in [0.29, 0.717) is 12.3 Å². The van der Waals surface area contributed by atoms with Crippen LogP contribution in [0.1, 0.15) is 18.4 Å². The summed E-state index contributed by atoms with van der Waals surface area (Å²) in [6.07, 6.45) is 0.616. The van der Waals surface area contributed by atoms with Crippen LogP contribution in [0.15, 0.2) is 52.9 Å². The Morgan fingerprint density at radius 1 is 1.17 bits per heavy atom. The third-order valence-corrected chi connectivity index (χ3v) is 3.40. The van der Waals surface area contributed by atoms with Crippen LogP contribution in [0.25, 0.3) is 11.1 Å². The summed E-state index contributed by atoms with van der Waals surface area (Å²) < 4.78 is 5.72. The number of hydrogen-bond donors (Lipinski definition) is 2. The Morgan fingerprint density at radius 2 is 1.91 bits per heavy atom. The van der Waals surface area contributed by atoms with Gasteiger partial charge in [-0.05, 0) is 42.0 Å². The number of oxazole rings is 1. The molecule has 23 heavy (non-hydrogen) atoms. The maximum Gasteiger partial charge on any atom is 0.222 e. The van der Waals surface area contributed by atoms with E-state index in [9.17, 15) is 4.79 Å². The quantitative estimate of drug-likeness (QED) is 0.724. The van der Waals surface area contributed by atoms with Crippen molar-refractivity contribution in [1.82, 2.24) is 10.3 Å². The molecule has 0 fully saturated rings. The number of benzene rings is 2. The van der Waals surface area contributed by atoms with Crippen LogP contribution in [0.2, 0.25) is 0 Å². The molecule has 0 unspecified atom stereocenters. The number of nitrogens with one attached hydrogen (secondary N) is 2. The van der Waals surface area contributed by atoms with E-state index in [1.54, 1.807) is 0 Å². The minimum Gasteiger partial charge on any atom is -0.440 e. The summed E-state index contributed by atoms with van der Waals surface area (Å²) in [7, 11) is 0. The second-order valence-electron chi connectivity index (χ2n) is 5.08. The monoisotopic (exact) mass is 325 g/mol. The molecular weight excluding hydrogens is 310 g/mol. The Hall–Kier alpha value is -2.73. The number of hydrogen-bond acceptors (Lipinski definition) is 4. The highest BCUT2D eigenvalue weighted by atomic mass is 32.1. The van der Waals surface area contributed by atoms with E-state index in [0.717, 1.165) is 22.4 Å². The molecule has 2 aromatic carbocycles. The van der Waals surface area contributed by atoms with Crippen LogP contribution in [0, 0.1) is 0 Å². The van der Waals surface area contributed by atoms with E-state index >= 15 is 0 Å². The maximum atomic E-state index is 10.9. The molecule has 0 radical (unpaired) electrons. The number of fused-ring (bicyclic) bond motifs is 1. The molecule has 0 bridgehead atoms. The third kappa shape index (κ3) is 3.92. The van der Waals surface area contributed by atoms with E-state index in [1.165, 1.54) is 6.92 Å². The lowest BCUT2D eigenvalue weighted by atomic mass is 10.1. The highest BCUT2D eigenvalue weighted by Gasteiger charge is 2.06. The smallest absolute Gasteiger partial charge is 0.222 e. The molecule has 2 N–H and O–H groups in total. The summed E-state index contributed by atoms with van der Waals surface area (Å²) in [6, 6.07) is 15.4. The molecule has 116 valence electrons. The highest BCUT2D eigenvalue weighted by Crippen LogP contribution is 2.18. The minimum absolute atomic E-state index is 0.199. The zero-order chi connectivity index (χ0) is 16.2. The number of anilines is 1. The van der Waals surface area contributed by atoms with Gasteiger partial charge in [-0.15, -0.1) is 0 Å². The molecule has 1 amide bonds. The van der Waals surface area contributed by atoms with E-state index in [1.807, 2.05) is 48.5 Å². The standard InChI is InChI=1S/C17H15N3O2S/c1-11(21)18-17(23)19-13-8-6-12(7-9-13)10-16-20-14-4-2-3-5-15(14)22-16/h2-9H,10H2,1H3,(H2,18,19,21,23). The van der Waals surface area contributed by atoms with Gasteiger partial charge in [0.1, 0.15) is 5.52 Å². The Kier molecular flexibility index (Phi) is 4.34. The van der Waals surface area contributed by atoms with Crippen LogP contribution >= 0.6 is 12.2 Å². The number of rotatable bonds is 3. The first-order valence-corrected chi connectivity index (χ1v) is 7.53. The van der Waals surface area contributed by atoms with Gasteiger partial charge in [-0.3, -0.25) is 4.79 Å². The molecule has 3 rings (SSSR count). The van der Waals surface area contributed by atoms with Crippen LogP contribution in [0.5, 0.6) is 0 Å². The number of aromatic nitrogens is 1. The number of carbonyl (C=O) groups is 1. The lowest BCUT2D eigenvalue weighted by Crippen LogP contribution is -2.32. The zero-order valence-electron chi connectivity index (χ0n) is 12.5. The summed E-state index contributed by atoms with van der Waals surface area (Å²) in [5.41, 5.74) is 3.54. The predicted molar refractivity (Wildman–Crippen MR) is 93.3 cm³/mol. The fourth-order valence-corrected chi connectivity index (χ4v) is 2.46. The van der Waals surface area contributed by atoms with Gasteiger partial charge < -0.3 is 15.1 Å². The lowest BCUT2D eigenvalue weighted by Gasteiger charge is -2.08. The first-order chi connectivity index (χ1) is 11.1. The van der Waals surface area contributed by atoms with Crippen molar-refractivity contribution in [3.05, 3.63) is 60.0 Å². The molecule has 0 spiro atoms. The van der Waals surface area contributed by atoms with Crippen LogP contribution in [0.3, 0.4) is 0 Å². The van der Waals surface area contributed by atoms with Gasteiger partial charge in [-0.25, -0.2) is 4.98 Å². The molecule has 0 atom stereocenters. The van der Waals surface area contributed by atoms with Crippen molar-refractivity contribution < 1.29 is 9.21 Å². The van der Waals surface area contributed by atoms with E-state index < -0.39 is 0 Å². The summed E-state index contributed by atoms with van der Waals surface area (Å²) in [4.78, 5) is 15.4. The minimum atomic E-state index is -0.199. The van der Waals surface area contributed by atoms with E-state index in [4.69, 9.17) is 16.6 Å². The predicted octanol–water partition coefficient (Wildman–Crippen LogP) is 3.25. The molecule has 1 aromatic heterocycles. The average molecular weight is 325 g/mol. The number of amides is 1. The van der Waals surface area contributed by atoms with Crippen molar-refractivity contribution in [2.75, 3.05) is 5.32 Å². The summed E-state index contributed by atoms with van der Waals surface area (Å²) in [5, 5.41) is 5.74.